The quantitative estimate of drug-likeness (QED) is 0.725. The van der Waals surface area contributed by atoms with Crippen molar-refractivity contribution in [3.63, 3.8) is 0 Å². The summed E-state index contributed by atoms with van der Waals surface area (Å²) in [6, 6.07) is 5.80. The Morgan fingerprint density at radius 2 is 2.22 bits per heavy atom. The SMILES string of the molecule is CCCCNC(=O)COc1cc(CN)ccc1C. The van der Waals surface area contributed by atoms with E-state index in [0.29, 0.717) is 13.1 Å². The molecular weight excluding hydrogens is 228 g/mol. The maximum absolute atomic E-state index is 11.5. The molecule has 0 spiro atoms. The minimum atomic E-state index is -0.0824. The number of aryl methyl sites for hydroxylation is 1. The molecule has 4 heteroatoms. The van der Waals surface area contributed by atoms with Crippen LogP contribution in [0, 0.1) is 6.92 Å². The molecule has 4 nitrogen and oxygen atoms in total. The van der Waals surface area contributed by atoms with Gasteiger partial charge in [-0.2, -0.15) is 0 Å². The summed E-state index contributed by atoms with van der Waals surface area (Å²) < 4.78 is 5.50. The summed E-state index contributed by atoms with van der Waals surface area (Å²) in [6.07, 6.45) is 2.06. The van der Waals surface area contributed by atoms with E-state index in [-0.39, 0.29) is 12.5 Å². The zero-order chi connectivity index (χ0) is 13.4. The number of unbranched alkanes of at least 4 members (excludes halogenated alkanes) is 1. The zero-order valence-electron chi connectivity index (χ0n) is 11.2. The molecule has 18 heavy (non-hydrogen) atoms. The molecule has 0 unspecified atom stereocenters. The fraction of sp³-hybridized carbons (Fsp3) is 0.500. The van der Waals surface area contributed by atoms with Gasteiger partial charge in [0.05, 0.1) is 0 Å². The van der Waals surface area contributed by atoms with Crippen molar-refractivity contribution < 1.29 is 9.53 Å². The van der Waals surface area contributed by atoms with E-state index >= 15 is 0 Å². The third-order valence-electron chi connectivity index (χ3n) is 2.70. The Morgan fingerprint density at radius 1 is 1.44 bits per heavy atom. The predicted octanol–water partition coefficient (Wildman–Crippen LogP) is 1.75. The van der Waals surface area contributed by atoms with Crippen LogP contribution >= 0.6 is 0 Å². The molecule has 0 aromatic heterocycles. The molecule has 0 heterocycles. The number of amides is 1. The number of carbonyl (C=O) groups excluding carboxylic acids is 1. The Bertz CT molecular complexity index is 391. The molecule has 0 aliphatic rings. The molecule has 0 fully saturated rings. The normalized spacial score (nSPS) is 10.2. The summed E-state index contributed by atoms with van der Waals surface area (Å²) in [6.45, 7) is 5.27. The van der Waals surface area contributed by atoms with Crippen molar-refractivity contribution in [2.75, 3.05) is 13.2 Å². The van der Waals surface area contributed by atoms with Gasteiger partial charge in [0.25, 0.3) is 5.91 Å². The maximum atomic E-state index is 11.5. The summed E-state index contributed by atoms with van der Waals surface area (Å²) in [5.74, 6) is 0.643. The lowest BCUT2D eigenvalue weighted by molar-refractivity contribution is -0.123. The molecule has 0 saturated heterocycles. The molecule has 1 rings (SSSR count). The number of nitrogens with two attached hydrogens (primary N) is 1. The minimum absolute atomic E-state index is 0.0541. The number of nitrogens with one attached hydrogen (secondary N) is 1. The van der Waals surface area contributed by atoms with Crippen LogP contribution in [0.3, 0.4) is 0 Å². The summed E-state index contributed by atoms with van der Waals surface area (Å²) in [5, 5.41) is 2.81. The molecule has 0 saturated carbocycles. The lowest BCUT2D eigenvalue weighted by Gasteiger charge is -2.10. The van der Waals surface area contributed by atoms with Gasteiger partial charge in [-0.05, 0) is 30.5 Å². The van der Waals surface area contributed by atoms with E-state index in [1.165, 1.54) is 0 Å². The van der Waals surface area contributed by atoms with Crippen LogP contribution in [-0.2, 0) is 11.3 Å². The number of benzene rings is 1. The van der Waals surface area contributed by atoms with Crippen LogP contribution in [0.2, 0.25) is 0 Å². The van der Waals surface area contributed by atoms with Gasteiger partial charge in [0.2, 0.25) is 0 Å². The molecule has 1 aromatic carbocycles. The van der Waals surface area contributed by atoms with Crippen molar-refractivity contribution in [2.45, 2.75) is 33.2 Å². The van der Waals surface area contributed by atoms with E-state index in [4.69, 9.17) is 10.5 Å². The van der Waals surface area contributed by atoms with Gasteiger partial charge >= 0.3 is 0 Å². The van der Waals surface area contributed by atoms with Crippen LogP contribution in [0.5, 0.6) is 5.75 Å². The lowest BCUT2D eigenvalue weighted by atomic mass is 10.1. The second-order valence-electron chi connectivity index (χ2n) is 4.30. The second-order valence-corrected chi connectivity index (χ2v) is 4.30. The number of rotatable bonds is 7. The first-order chi connectivity index (χ1) is 8.67. The first-order valence-electron chi connectivity index (χ1n) is 6.36. The highest BCUT2D eigenvalue weighted by molar-refractivity contribution is 5.77. The summed E-state index contributed by atoms with van der Waals surface area (Å²) in [4.78, 5) is 11.5. The number of ether oxygens (including phenoxy) is 1. The van der Waals surface area contributed by atoms with Gasteiger partial charge in [0, 0.05) is 13.1 Å². The molecule has 0 aliphatic heterocycles. The Balaban J connectivity index is 2.45. The lowest BCUT2D eigenvalue weighted by Crippen LogP contribution is -2.29. The van der Waals surface area contributed by atoms with E-state index in [1.807, 2.05) is 25.1 Å². The third-order valence-corrected chi connectivity index (χ3v) is 2.70. The highest BCUT2D eigenvalue weighted by Crippen LogP contribution is 2.19. The van der Waals surface area contributed by atoms with Crippen molar-refractivity contribution >= 4 is 5.91 Å². The molecule has 1 aromatic rings. The van der Waals surface area contributed by atoms with E-state index in [2.05, 4.69) is 12.2 Å². The summed E-state index contributed by atoms with van der Waals surface area (Å²) >= 11 is 0. The molecule has 0 atom stereocenters. The van der Waals surface area contributed by atoms with E-state index in [9.17, 15) is 4.79 Å². The fourth-order valence-electron chi connectivity index (χ4n) is 1.53. The average Bonchev–Trinajstić information content (AvgIpc) is 2.38. The van der Waals surface area contributed by atoms with Crippen molar-refractivity contribution in [1.82, 2.24) is 5.32 Å². The average molecular weight is 250 g/mol. The first-order valence-corrected chi connectivity index (χ1v) is 6.36. The molecular formula is C14H22N2O2. The maximum Gasteiger partial charge on any atom is 0.257 e. The number of hydrogen-bond acceptors (Lipinski definition) is 3. The molecule has 0 aliphatic carbocycles. The smallest absolute Gasteiger partial charge is 0.257 e. The monoisotopic (exact) mass is 250 g/mol. The largest absolute Gasteiger partial charge is 0.483 e. The van der Waals surface area contributed by atoms with Crippen LogP contribution < -0.4 is 15.8 Å². The van der Waals surface area contributed by atoms with E-state index in [0.717, 1.165) is 29.7 Å². The Hall–Kier alpha value is -1.55. The highest BCUT2D eigenvalue weighted by atomic mass is 16.5. The number of carbonyl (C=O) groups is 1. The van der Waals surface area contributed by atoms with Crippen molar-refractivity contribution in [1.29, 1.82) is 0 Å². The summed E-state index contributed by atoms with van der Waals surface area (Å²) in [5.41, 5.74) is 7.58. The van der Waals surface area contributed by atoms with Gasteiger partial charge in [-0.1, -0.05) is 25.5 Å². The van der Waals surface area contributed by atoms with Gasteiger partial charge < -0.3 is 15.8 Å². The van der Waals surface area contributed by atoms with Crippen molar-refractivity contribution in [3.05, 3.63) is 29.3 Å². The molecule has 0 radical (unpaired) electrons. The Kier molecular flexibility index (Phi) is 6.22. The van der Waals surface area contributed by atoms with Gasteiger partial charge in [-0.3, -0.25) is 4.79 Å². The van der Waals surface area contributed by atoms with Crippen LogP contribution in [0.4, 0.5) is 0 Å². The highest BCUT2D eigenvalue weighted by Gasteiger charge is 2.05. The Morgan fingerprint density at radius 3 is 2.89 bits per heavy atom. The molecule has 0 bridgehead atoms. The van der Waals surface area contributed by atoms with E-state index < -0.39 is 0 Å². The second kappa shape index (κ2) is 7.71. The first kappa shape index (κ1) is 14.5. The van der Waals surface area contributed by atoms with E-state index in [1.54, 1.807) is 0 Å². The van der Waals surface area contributed by atoms with Gasteiger partial charge in [-0.15, -0.1) is 0 Å². The van der Waals surface area contributed by atoms with Crippen molar-refractivity contribution in [2.24, 2.45) is 5.73 Å². The van der Waals surface area contributed by atoms with Crippen molar-refractivity contribution in [3.8, 4) is 5.75 Å². The number of hydrogen-bond donors (Lipinski definition) is 2. The van der Waals surface area contributed by atoms with Crippen LogP contribution in [0.25, 0.3) is 0 Å². The molecule has 1 amide bonds. The van der Waals surface area contributed by atoms with Gasteiger partial charge in [0.1, 0.15) is 5.75 Å². The Labute approximate surface area is 109 Å². The van der Waals surface area contributed by atoms with Gasteiger partial charge in [0.15, 0.2) is 6.61 Å². The molecule has 100 valence electrons. The van der Waals surface area contributed by atoms with Crippen LogP contribution in [0.1, 0.15) is 30.9 Å². The molecule has 3 N–H and O–H groups in total. The predicted molar refractivity (Wildman–Crippen MR) is 72.5 cm³/mol. The van der Waals surface area contributed by atoms with Gasteiger partial charge in [-0.25, -0.2) is 0 Å². The summed E-state index contributed by atoms with van der Waals surface area (Å²) in [7, 11) is 0. The zero-order valence-corrected chi connectivity index (χ0v) is 11.2. The van der Waals surface area contributed by atoms with Crippen LogP contribution in [0.15, 0.2) is 18.2 Å². The minimum Gasteiger partial charge on any atom is -0.483 e. The third kappa shape index (κ3) is 4.75. The topological polar surface area (TPSA) is 64.3 Å². The fourth-order valence-corrected chi connectivity index (χ4v) is 1.53. The standard InChI is InChI=1S/C14H22N2O2/c1-3-4-7-16-14(17)10-18-13-8-12(9-15)6-5-11(13)2/h5-6,8H,3-4,7,9-10,15H2,1-2H3,(H,16,17). The van der Waals surface area contributed by atoms with Crippen LogP contribution in [-0.4, -0.2) is 19.1 Å².